The molecule has 3 rings (SSSR count). The quantitative estimate of drug-likeness (QED) is 0.725. The molecule has 0 fully saturated rings. The summed E-state index contributed by atoms with van der Waals surface area (Å²) in [6, 6.07) is 8.88. The molecule has 0 saturated heterocycles. The zero-order chi connectivity index (χ0) is 14.8. The summed E-state index contributed by atoms with van der Waals surface area (Å²) < 4.78 is 2.36. The van der Waals surface area contributed by atoms with E-state index in [2.05, 4.69) is 25.9 Å². The zero-order valence-corrected chi connectivity index (χ0v) is 13.3. The second-order valence-corrected chi connectivity index (χ2v) is 6.33. The molecule has 21 heavy (non-hydrogen) atoms. The Morgan fingerprint density at radius 1 is 1.29 bits per heavy atom. The number of pyridine rings is 2. The van der Waals surface area contributed by atoms with Crippen LogP contribution in [0.3, 0.4) is 0 Å². The number of nitrogens with zero attached hydrogens (tertiary/aromatic N) is 3. The van der Waals surface area contributed by atoms with Gasteiger partial charge in [0.1, 0.15) is 11.5 Å². The lowest BCUT2D eigenvalue weighted by molar-refractivity contribution is 1.01. The second-order valence-electron chi connectivity index (χ2n) is 4.37. The minimum atomic E-state index is -0.0904. The lowest BCUT2D eigenvalue weighted by Crippen LogP contribution is -2.15. The van der Waals surface area contributed by atoms with Gasteiger partial charge in [-0.1, -0.05) is 0 Å². The van der Waals surface area contributed by atoms with Crippen molar-refractivity contribution >= 4 is 39.2 Å². The van der Waals surface area contributed by atoms with E-state index in [1.807, 2.05) is 18.2 Å². The van der Waals surface area contributed by atoms with Gasteiger partial charge in [-0.05, 0) is 40.2 Å². The predicted octanol–water partition coefficient (Wildman–Crippen LogP) is 2.73. The van der Waals surface area contributed by atoms with Gasteiger partial charge in [0.2, 0.25) is 0 Å². The number of nitrogens with two attached hydrogens (primary N) is 1. The summed E-state index contributed by atoms with van der Waals surface area (Å²) in [6.07, 6.45) is 3.43. The van der Waals surface area contributed by atoms with E-state index in [1.54, 1.807) is 36.3 Å². The molecule has 3 heterocycles. The van der Waals surface area contributed by atoms with Crippen LogP contribution >= 0.6 is 27.7 Å². The molecule has 7 heteroatoms. The van der Waals surface area contributed by atoms with Crippen molar-refractivity contribution in [2.75, 3.05) is 5.73 Å². The van der Waals surface area contributed by atoms with Crippen molar-refractivity contribution in [3.63, 3.8) is 0 Å². The van der Waals surface area contributed by atoms with Gasteiger partial charge in [-0.2, -0.15) is 0 Å². The molecule has 3 aromatic heterocycles. The molecule has 0 aliphatic rings. The van der Waals surface area contributed by atoms with Crippen molar-refractivity contribution in [3.8, 4) is 0 Å². The Balaban J connectivity index is 1.86. The number of hydrogen-bond donors (Lipinski definition) is 1. The number of hydrogen-bond acceptors (Lipinski definition) is 5. The van der Waals surface area contributed by atoms with E-state index in [0.29, 0.717) is 17.2 Å². The zero-order valence-electron chi connectivity index (χ0n) is 10.9. The molecule has 0 radical (unpaired) electrons. The van der Waals surface area contributed by atoms with Gasteiger partial charge < -0.3 is 5.73 Å². The molecule has 2 N–H and O–H groups in total. The molecule has 0 aromatic carbocycles. The highest BCUT2D eigenvalue weighted by Gasteiger charge is 2.04. The lowest BCUT2D eigenvalue weighted by Gasteiger charge is -2.05. The number of halogens is 1. The maximum Gasteiger partial charge on any atom is 0.258 e. The summed E-state index contributed by atoms with van der Waals surface area (Å²) in [6.45, 7) is 0. The highest BCUT2D eigenvalue weighted by molar-refractivity contribution is 9.10. The predicted molar refractivity (Wildman–Crippen MR) is 87.4 cm³/mol. The first-order valence-corrected chi connectivity index (χ1v) is 7.92. The summed E-state index contributed by atoms with van der Waals surface area (Å²) in [5.41, 5.74) is 6.83. The topological polar surface area (TPSA) is 73.3 Å². The maximum absolute atomic E-state index is 12.1. The number of thioether (sulfide) groups is 1. The van der Waals surface area contributed by atoms with Crippen LogP contribution < -0.4 is 11.3 Å². The molecule has 0 saturated carbocycles. The highest BCUT2D eigenvalue weighted by Crippen LogP contribution is 2.21. The van der Waals surface area contributed by atoms with Gasteiger partial charge in [-0.25, -0.2) is 9.97 Å². The standard InChI is InChI=1S/C14H11BrN4OS/c15-9-1-4-13-18-10(5-14(20)19(13)7-9)8-21-11-2-3-12(16)17-6-11/h1-7H,8H2,(H2,16,17). The van der Waals surface area contributed by atoms with Crippen molar-refractivity contribution in [3.05, 3.63) is 63.2 Å². The van der Waals surface area contributed by atoms with Crippen LogP contribution in [0.1, 0.15) is 5.69 Å². The van der Waals surface area contributed by atoms with Gasteiger partial charge in [-0.15, -0.1) is 11.8 Å². The van der Waals surface area contributed by atoms with Crippen LogP contribution in [-0.2, 0) is 5.75 Å². The van der Waals surface area contributed by atoms with Gasteiger partial charge in [0.25, 0.3) is 5.56 Å². The lowest BCUT2D eigenvalue weighted by atomic mass is 10.4. The van der Waals surface area contributed by atoms with Crippen LogP contribution in [0, 0.1) is 0 Å². The maximum atomic E-state index is 12.1. The molecular weight excluding hydrogens is 352 g/mol. The van der Waals surface area contributed by atoms with E-state index in [9.17, 15) is 4.79 Å². The Morgan fingerprint density at radius 3 is 2.90 bits per heavy atom. The van der Waals surface area contributed by atoms with Crippen LogP contribution in [0.15, 0.2) is 56.9 Å². The van der Waals surface area contributed by atoms with Crippen molar-refractivity contribution < 1.29 is 0 Å². The fraction of sp³-hybridized carbons (Fsp3) is 0.0714. The van der Waals surface area contributed by atoms with Crippen molar-refractivity contribution in [1.82, 2.24) is 14.4 Å². The monoisotopic (exact) mass is 362 g/mol. The third-order valence-corrected chi connectivity index (χ3v) is 4.31. The summed E-state index contributed by atoms with van der Waals surface area (Å²) >= 11 is 4.91. The van der Waals surface area contributed by atoms with Crippen LogP contribution in [0.5, 0.6) is 0 Å². The van der Waals surface area contributed by atoms with Crippen LogP contribution in [0.4, 0.5) is 5.82 Å². The van der Waals surface area contributed by atoms with Crippen molar-refractivity contribution in [1.29, 1.82) is 0 Å². The molecule has 0 spiro atoms. The van der Waals surface area contributed by atoms with E-state index in [0.717, 1.165) is 15.1 Å². The Kier molecular flexibility index (Phi) is 3.94. The normalized spacial score (nSPS) is 10.9. The van der Waals surface area contributed by atoms with Gasteiger partial charge in [0, 0.05) is 33.6 Å². The number of anilines is 1. The average Bonchev–Trinajstić information content (AvgIpc) is 2.47. The smallest absolute Gasteiger partial charge is 0.258 e. The molecule has 0 bridgehead atoms. The van der Waals surface area contributed by atoms with Crippen molar-refractivity contribution in [2.45, 2.75) is 10.6 Å². The largest absolute Gasteiger partial charge is 0.384 e. The first-order chi connectivity index (χ1) is 10.1. The highest BCUT2D eigenvalue weighted by atomic mass is 79.9. The molecule has 106 valence electrons. The van der Waals surface area contributed by atoms with E-state index < -0.39 is 0 Å². The number of fused-ring (bicyclic) bond motifs is 1. The fourth-order valence-electron chi connectivity index (χ4n) is 1.83. The van der Waals surface area contributed by atoms with E-state index >= 15 is 0 Å². The molecule has 0 aliphatic heterocycles. The molecule has 0 atom stereocenters. The SMILES string of the molecule is Nc1ccc(SCc2cc(=O)n3cc(Br)ccc3n2)cn1. The molecule has 0 aliphatic carbocycles. The van der Waals surface area contributed by atoms with Crippen molar-refractivity contribution in [2.24, 2.45) is 0 Å². The number of rotatable bonds is 3. The van der Waals surface area contributed by atoms with Crippen LogP contribution in [0.25, 0.3) is 5.65 Å². The summed E-state index contributed by atoms with van der Waals surface area (Å²) in [5.74, 6) is 1.10. The average molecular weight is 363 g/mol. The summed E-state index contributed by atoms with van der Waals surface area (Å²) in [7, 11) is 0. The minimum absolute atomic E-state index is 0.0904. The molecule has 0 unspecified atom stereocenters. The number of aromatic nitrogens is 3. The van der Waals surface area contributed by atoms with Crippen LogP contribution in [-0.4, -0.2) is 14.4 Å². The van der Waals surface area contributed by atoms with E-state index in [4.69, 9.17) is 5.73 Å². The molecule has 5 nitrogen and oxygen atoms in total. The Morgan fingerprint density at radius 2 is 2.14 bits per heavy atom. The van der Waals surface area contributed by atoms with Gasteiger partial charge in [0.05, 0.1) is 5.69 Å². The number of nitrogen functional groups attached to an aromatic ring is 1. The van der Waals surface area contributed by atoms with Gasteiger partial charge in [-0.3, -0.25) is 9.20 Å². The summed E-state index contributed by atoms with van der Waals surface area (Å²) in [5, 5.41) is 0. The van der Waals surface area contributed by atoms with E-state index in [-0.39, 0.29) is 5.56 Å². The van der Waals surface area contributed by atoms with Gasteiger partial charge in [0.15, 0.2) is 0 Å². The Hall–Kier alpha value is -1.86. The molecule has 0 amide bonds. The van der Waals surface area contributed by atoms with Gasteiger partial charge >= 0.3 is 0 Å². The third-order valence-electron chi connectivity index (χ3n) is 2.82. The summed E-state index contributed by atoms with van der Waals surface area (Å²) in [4.78, 5) is 21.6. The third kappa shape index (κ3) is 3.25. The van der Waals surface area contributed by atoms with Crippen LogP contribution in [0.2, 0.25) is 0 Å². The second kappa shape index (κ2) is 5.87. The first kappa shape index (κ1) is 14.1. The fourth-order valence-corrected chi connectivity index (χ4v) is 2.93. The Labute approximate surface area is 133 Å². The Bertz CT molecular complexity index is 848. The molecular formula is C14H11BrN4OS. The molecule has 3 aromatic rings. The van der Waals surface area contributed by atoms with E-state index in [1.165, 1.54) is 4.40 Å². The minimum Gasteiger partial charge on any atom is -0.384 e. The first-order valence-electron chi connectivity index (χ1n) is 6.14.